The minimum atomic E-state index is -0.227. The minimum Gasteiger partial charge on any atom is -0.383 e. The first-order chi connectivity index (χ1) is 14.5. The number of rotatable bonds is 6. The summed E-state index contributed by atoms with van der Waals surface area (Å²) >= 11 is 3.44. The Bertz CT molecular complexity index is 1030. The predicted octanol–water partition coefficient (Wildman–Crippen LogP) is 3.69. The van der Waals surface area contributed by atoms with E-state index in [0.29, 0.717) is 12.2 Å². The molecule has 156 valence electrons. The molecule has 3 aromatic rings. The Morgan fingerprint density at radius 1 is 1.27 bits per heavy atom. The van der Waals surface area contributed by atoms with Crippen molar-refractivity contribution >= 4 is 27.7 Å². The Morgan fingerprint density at radius 2 is 2.07 bits per heavy atom. The van der Waals surface area contributed by atoms with Gasteiger partial charge < -0.3 is 15.8 Å². The summed E-state index contributed by atoms with van der Waals surface area (Å²) in [6, 6.07) is 9.77. The minimum absolute atomic E-state index is 0.0201. The van der Waals surface area contributed by atoms with Crippen LogP contribution in [0.3, 0.4) is 0 Å². The lowest BCUT2D eigenvalue weighted by Crippen LogP contribution is -2.41. The van der Waals surface area contributed by atoms with Crippen LogP contribution in [0.4, 0.5) is 5.82 Å². The van der Waals surface area contributed by atoms with Gasteiger partial charge in [-0.25, -0.2) is 4.98 Å². The highest BCUT2D eigenvalue weighted by molar-refractivity contribution is 9.10. The number of nitrogens with two attached hydrogens (primary N) is 1. The largest absolute Gasteiger partial charge is 0.383 e. The summed E-state index contributed by atoms with van der Waals surface area (Å²) in [5, 5.41) is 7.27. The molecule has 1 amide bonds. The number of carbonyl (C=O) groups is 1. The molecule has 3 N–H and O–H groups in total. The summed E-state index contributed by atoms with van der Waals surface area (Å²) in [4.78, 5) is 17.2. The first kappa shape index (κ1) is 20.6. The second-order valence-electron chi connectivity index (χ2n) is 7.55. The smallest absolute Gasteiger partial charge is 0.255 e. The number of hydrogen-bond acceptors (Lipinski definition) is 5. The first-order valence-electron chi connectivity index (χ1n) is 9.91. The third-order valence-corrected chi connectivity index (χ3v) is 5.88. The molecule has 30 heavy (non-hydrogen) atoms. The predicted molar refractivity (Wildman–Crippen MR) is 119 cm³/mol. The van der Waals surface area contributed by atoms with Crippen molar-refractivity contribution in [1.29, 1.82) is 0 Å². The summed E-state index contributed by atoms with van der Waals surface area (Å²) in [7, 11) is 1.84. The van der Waals surface area contributed by atoms with Crippen LogP contribution < -0.4 is 11.1 Å². The number of pyridine rings is 1. The van der Waals surface area contributed by atoms with E-state index in [4.69, 9.17) is 10.5 Å². The molecule has 7 nitrogen and oxygen atoms in total. The highest BCUT2D eigenvalue weighted by Gasteiger charge is 2.30. The molecule has 1 unspecified atom stereocenters. The SMILES string of the molecule is Cn1cc(-c2cnc(N)c(C(=O)N[C@H]3CCCC3OCc3ccc(Br)cc3)c2)cn1. The number of benzene rings is 1. The molecule has 0 saturated heterocycles. The molecule has 0 radical (unpaired) electrons. The van der Waals surface area contributed by atoms with Crippen molar-refractivity contribution in [2.75, 3.05) is 5.73 Å². The lowest BCUT2D eigenvalue weighted by molar-refractivity contribution is 0.0272. The lowest BCUT2D eigenvalue weighted by Gasteiger charge is -2.22. The van der Waals surface area contributed by atoms with Gasteiger partial charge in [0.15, 0.2) is 0 Å². The van der Waals surface area contributed by atoms with Crippen molar-refractivity contribution < 1.29 is 9.53 Å². The Balaban J connectivity index is 1.43. The number of halogens is 1. The van der Waals surface area contributed by atoms with Gasteiger partial charge in [-0.05, 0) is 43.0 Å². The molecule has 1 saturated carbocycles. The van der Waals surface area contributed by atoms with Crippen molar-refractivity contribution in [3.8, 4) is 11.1 Å². The van der Waals surface area contributed by atoms with Gasteiger partial charge in [0.25, 0.3) is 5.91 Å². The molecule has 1 aliphatic carbocycles. The van der Waals surface area contributed by atoms with Crippen LogP contribution in [-0.4, -0.2) is 32.8 Å². The van der Waals surface area contributed by atoms with Crippen molar-refractivity contribution in [2.24, 2.45) is 7.05 Å². The third kappa shape index (κ3) is 4.71. The number of aryl methyl sites for hydroxylation is 1. The quantitative estimate of drug-likeness (QED) is 0.573. The van der Waals surface area contributed by atoms with Crippen LogP contribution in [0.15, 0.2) is 53.4 Å². The zero-order chi connectivity index (χ0) is 21.1. The molecule has 0 bridgehead atoms. The molecule has 4 rings (SSSR count). The molecule has 0 spiro atoms. The van der Waals surface area contributed by atoms with Gasteiger partial charge in [-0.2, -0.15) is 5.10 Å². The van der Waals surface area contributed by atoms with Crippen LogP contribution in [0.1, 0.15) is 35.2 Å². The number of amides is 1. The van der Waals surface area contributed by atoms with E-state index in [2.05, 4.69) is 31.3 Å². The summed E-state index contributed by atoms with van der Waals surface area (Å²) in [5.41, 5.74) is 9.16. The fourth-order valence-electron chi connectivity index (χ4n) is 3.71. The number of carbonyl (C=O) groups excluding carboxylic acids is 1. The average Bonchev–Trinajstić information content (AvgIpc) is 3.36. The van der Waals surface area contributed by atoms with Crippen LogP contribution in [0.5, 0.6) is 0 Å². The second kappa shape index (κ2) is 8.97. The van der Waals surface area contributed by atoms with Gasteiger partial charge in [-0.3, -0.25) is 9.48 Å². The Labute approximate surface area is 183 Å². The number of ether oxygens (including phenoxy) is 1. The summed E-state index contributed by atoms with van der Waals surface area (Å²) in [5.74, 6) is -0.0136. The maximum atomic E-state index is 13.0. The number of aromatic nitrogens is 3. The van der Waals surface area contributed by atoms with E-state index in [0.717, 1.165) is 40.4 Å². The zero-order valence-electron chi connectivity index (χ0n) is 16.7. The number of anilines is 1. The lowest BCUT2D eigenvalue weighted by atomic mass is 10.1. The molecule has 1 aromatic carbocycles. The van der Waals surface area contributed by atoms with Crippen molar-refractivity contribution in [2.45, 2.75) is 38.0 Å². The third-order valence-electron chi connectivity index (χ3n) is 5.35. The van der Waals surface area contributed by atoms with E-state index < -0.39 is 0 Å². The molecule has 8 heteroatoms. The van der Waals surface area contributed by atoms with E-state index in [9.17, 15) is 4.79 Å². The van der Waals surface area contributed by atoms with Crippen LogP contribution in [0.2, 0.25) is 0 Å². The second-order valence-corrected chi connectivity index (χ2v) is 8.46. The van der Waals surface area contributed by atoms with Crippen molar-refractivity contribution in [3.05, 3.63) is 64.5 Å². The molecular weight excluding hydrogens is 446 g/mol. The number of nitrogens with one attached hydrogen (secondary N) is 1. The van der Waals surface area contributed by atoms with E-state index >= 15 is 0 Å². The van der Waals surface area contributed by atoms with Gasteiger partial charge >= 0.3 is 0 Å². The maximum Gasteiger partial charge on any atom is 0.255 e. The Kier molecular flexibility index (Phi) is 6.15. The van der Waals surface area contributed by atoms with E-state index in [-0.39, 0.29) is 23.9 Å². The molecule has 0 aliphatic heterocycles. The molecule has 1 aliphatic rings. The number of hydrogen-bond donors (Lipinski definition) is 2. The fraction of sp³-hybridized carbons (Fsp3) is 0.318. The van der Waals surface area contributed by atoms with E-state index in [1.165, 1.54) is 0 Å². The van der Waals surface area contributed by atoms with Crippen molar-refractivity contribution in [3.63, 3.8) is 0 Å². The van der Waals surface area contributed by atoms with E-state index in [1.807, 2.05) is 37.5 Å². The van der Waals surface area contributed by atoms with Crippen LogP contribution >= 0.6 is 15.9 Å². The van der Waals surface area contributed by atoms with Crippen LogP contribution in [-0.2, 0) is 18.4 Å². The molecule has 2 heterocycles. The van der Waals surface area contributed by atoms with Crippen LogP contribution in [0.25, 0.3) is 11.1 Å². The Morgan fingerprint density at radius 3 is 2.80 bits per heavy atom. The van der Waals surface area contributed by atoms with Gasteiger partial charge in [-0.15, -0.1) is 0 Å². The van der Waals surface area contributed by atoms with Crippen LogP contribution in [0, 0.1) is 0 Å². The zero-order valence-corrected chi connectivity index (χ0v) is 18.3. The Hall–Kier alpha value is -2.71. The van der Waals surface area contributed by atoms with Gasteiger partial charge in [0.1, 0.15) is 5.82 Å². The topological polar surface area (TPSA) is 95.1 Å². The molecule has 2 aromatic heterocycles. The highest BCUT2D eigenvalue weighted by Crippen LogP contribution is 2.26. The molecular formula is C22H24BrN5O2. The summed E-state index contributed by atoms with van der Waals surface area (Å²) in [6.07, 6.45) is 8.06. The first-order valence-corrected chi connectivity index (χ1v) is 10.7. The highest BCUT2D eigenvalue weighted by atomic mass is 79.9. The van der Waals surface area contributed by atoms with Gasteiger partial charge in [0, 0.05) is 35.0 Å². The molecule has 2 atom stereocenters. The normalized spacial score (nSPS) is 18.5. The standard InChI is InChI=1S/C22H24BrN5O2/c1-28-12-16(11-26-28)15-9-18(21(24)25-10-15)22(29)27-19-3-2-4-20(19)30-13-14-5-7-17(23)8-6-14/h5-12,19-20H,2-4,13H2,1H3,(H2,24,25)(H,27,29)/t19-,20?/m0/s1. The number of nitrogen functional groups attached to an aromatic ring is 1. The number of nitrogens with zero attached hydrogens (tertiary/aromatic N) is 3. The molecule has 1 fully saturated rings. The van der Waals surface area contributed by atoms with Gasteiger partial charge in [0.05, 0.1) is 30.5 Å². The van der Waals surface area contributed by atoms with Crippen molar-refractivity contribution in [1.82, 2.24) is 20.1 Å². The van der Waals surface area contributed by atoms with Gasteiger partial charge in [0.2, 0.25) is 0 Å². The summed E-state index contributed by atoms with van der Waals surface area (Å²) in [6.45, 7) is 0.518. The van der Waals surface area contributed by atoms with Gasteiger partial charge in [-0.1, -0.05) is 28.1 Å². The fourth-order valence-corrected chi connectivity index (χ4v) is 3.97. The van der Waals surface area contributed by atoms with E-state index in [1.54, 1.807) is 23.1 Å². The monoisotopic (exact) mass is 469 g/mol. The summed E-state index contributed by atoms with van der Waals surface area (Å²) < 4.78 is 8.86. The average molecular weight is 470 g/mol. The maximum absolute atomic E-state index is 13.0.